The smallest absolute Gasteiger partial charge is 0.151 e. The summed E-state index contributed by atoms with van der Waals surface area (Å²) in [6.07, 6.45) is 1.13. The second-order valence-corrected chi connectivity index (χ2v) is 6.42. The molecular weight excluding hydrogens is 291 g/mol. The van der Waals surface area contributed by atoms with Crippen LogP contribution in [0.15, 0.2) is 18.2 Å². The molecule has 1 aliphatic carbocycles. The van der Waals surface area contributed by atoms with Gasteiger partial charge in [0.1, 0.15) is 11.3 Å². The van der Waals surface area contributed by atoms with Crippen molar-refractivity contribution in [2.45, 2.75) is 45.2 Å². The van der Waals surface area contributed by atoms with Crippen LogP contribution in [-0.2, 0) is 10.6 Å². The predicted molar refractivity (Wildman–Crippen MR) is 82.1 cm³/mol. The monoisotopic (exact) mass is 310 g/mol. The van der Waals surface area contributed by atoms with Gasteiger partial charge in [0.25, 0.3) is 0 Å². The maximum atomic E-state index is 13.9. The van der Waals surface area contributed by atoms with Crippen molar-refractivity contribution >= 4 is 22.6 Å². The number of fused-ring (bicyclic) bond motifs is 1. The van der Waals surface area contributed by atoms with E-state index >= 15 is 0 Å². The molecule has 1 fully saturated rings. The lowest BCUT2D eigenvalue weighted by Crippen LogP contribution is -2.51. The molecule has 0 amide bonds. The largest absolute Gasteiger partial charge is 0.378 e. The van der Waals surface area contributed by atoms with Gasteiger partial charge >= 0.3 is 0 Å². The number of nitrogens with zero attached hydrogens (tertiary/aromatic N) is 2. The molecule has 2 atom stereocenters. The Hall–Kier alpha value is -1.13. The molecule has 1 heterocycles. The summed E-state index contributed by atoms with van der Waals surface area (Å²) in [6, 6.07) is 5.30. The number of hydrogen-bond acceptors (Lipinski definition) is 2. The second-order valence-electron chi connectivity index (χ2n) is 6.16. The molecule has 1 saturated carbocycles. The average molecular weight is 311 g/mol. The van der Waals surface area contributed by atoms with Crippen LogP contribution in [-0.4, -0.2) is 22.3 Å². The van der Waals surface area contributed by atoms with E-state index < -0.39 is 0 Å². The van der Waals surface area contributed by atoms with E-state index in [0.29, 0.717) is 12.1 Å². The van der Waals surface area contributed by atoms with E-state index in [1.807, 2.05) is 13.0 Å². The average Bonchev–Trinajstić information content (AvgIpc) is 2.82. The van der Waals surface area contributed by atoms with Crippen molar-refractivity contribution in [3.63, 3.8) is 0 Å². The second kappa shape index (κ2) is 5.25. The number of alkyl halides is 1. The van der Waals surface area contributed by atoms with Crippen LogP contribution in [0.3, 0.4) is 0 Å². The Bertz CT molecular complexity index is 668. The normalized spacial score (nSPS) is 24.2. The molecule has 3 rings (SSSR count). The quantitative estimate of drug-likeness (QED) is 0.788. The topological polar surface area (TPSA) is 27.1 Å². The number of rotatable bonds is 4. The minimum absolute atomic E-state index is 0.0171. The lowest BCUT2D eigenvalue weighted by Gasteiger charge is -2.52. The molecule has 0 bridgehead atoms. The minimum Gasteiger partial charge on any atom is -0.378 e. The van der Waals surface area contributed by atoms with E-state index in [-0.39, 0.29) is 29.3 Å². The van der Waals surface area contributed by atoms with Crippen LogP contribution in [0.25, 0.3) is 11.0 Å². The van der Waals surface area contributed by atoms with Crippen LogP contribution >= 0.6 is 11.6 Å². The van der Waals surface area contributed by atoms with E-state index in [1.54, 1.807) is 6.07 Å². The van der Waals surface area contributed by atoms with Crippen LogP contribution in [0.2, 0.25) is 0 Å². The Balaban J connectivity index is 2.07. The molecule has 0 aliphatic heterocycles. The SMILES string of the molecule is CCOC1CC(n2c(CCl)nc3c(F)cccc32)C1(C)C. The number of para-hydroxylation sites is 1. The highest BCUT2D eigenvalue weighted by Gasteiger charge is 2.50. The fourth-order valence-electron chi connectivity index (χ4n) is 3.36. The van der Waals surface area contributed by atoms with Crippen molar-refractivity contribution in [1.82, 2.24) is 9.55 Å². The van der Waals surface area contributed by atoms with E-state index in [9.17, 15) is 4.39 Å². The molecule has 21 heavy (non-hydrogen) atoms. The number of hydrogen-bond donors (Lipinski definition) is 0. The predicted octanol–water partition coefficient (Wildman–Crippen LogP) is 4.29. The molecule has 0 radical (unpaired) electrons. The van der Waals surface area contributed by atoms with Crippen LogP contribution < -0.4 is 0 Å². The highest BCUT2D eigenvalue weighted by atomic mass is 35.5. The Morgan fingerprint density at radius 2 is 2.24 bits per heavy atom. The van der Waals surface area contributed by atoms with Crippen molar-refractivity contribution in [3.8, 4) is 0 Å². The lowest BCUT2D eigenvalue weighted by atomic mass is 9.64. The Kier molecular flexibility index (Phi) is 3.70. The van der Waals surface area contributed by atoms with E-state index in [2.05, 4.69) is 23.4 Å². The van der Waals surface area contributed by atoms with Gasteiger partial charge in [0.15, 0.2) is 5.82 Å². The summed E-state index contributed by atoms with van der Waals surface area (Å²) in [5.41, 5.74) is 1.21. The first kappa shape index (κ1) is 14.8. The highest BCUT2D eigenvalue weighted by Crippen LogP contribution is 2.52. The summed E-state index contributed by atoms with van der Waals surface area (Å²) < 4.78 is 21.8. The minimum atomic E-state index is -0.295. The van der Waals surface area contributed by atoms with Gasteiger partial charge in [0, 0.05) is 18.1 Å². The van der Waals surface area contributed by atoms with Gasteiger partial charge in [0.05, 0.1) is 17.5 Å². The Labute approximate surface area is 129 Å². The van der Waals surface area contributed by atoms with Crippen molar-refractivity contribution < 1.29 is 9.13 Å². The lowest BCUT2D eigenvalue weighted by molar-refractivity contribution is -0.127. The van der Waals surface area contributed by atoms with Crippen molar-refractivity contribution in [1.29, 1.82) is 0 Å². The van der Waals surface area contributed by atoms with Gasteiger partial charge in [-0.15, -0.1) is 11.6 Å². The van der Waals surface area contributed by atoms with Crippen LogP contribution in [0.4, 0.5) is 4.39 Å². The number of halogens is 2. The summed E-state index contributed by atoms with van der Waals surface area (Å²) in [4.78, 5) is 4.39. The van der Waals surface area contributed by atoms with Gasteiger partial charge < -0.3 is 9.30 Å². The van der Waals surface area contributed by atoms with Crippen LogP contribution in [0, 0.1) is 11.2 Å². The molecule has 1 aliphatic rings. The van der Waals surface area contributed by atoms with Gasteiger partial charge in [-0.2, -0.15) is 0 Å². The molecule has 0 saturated heterocycles. The highest BCUT2D eigenvalue weighted by molar-refractivity contribution is 6.16. The summed E-state index contributed by atoms with van der Waals surface area (Å²) in [5, 5.41) is 0. The summed E-state index contributed by atoms with van der Waals surface area (Å²) >= 11 is 6.03. The maximum Gasteiger partial charge on any atom is 0.151 e. The van der Waals surface area contributed by atoms with Gasteiger partial charge in [-0.1, -0.05) is 19.9 Å². The zero-order chi connectivity index (χ0) is 15.2. The van der Waals surface area contributed by atoms with E-state index in [4.69, 9.17) is 16.3 Å². The molecule has 1 aromatic carbocycles. The third kappa shape index (κ3) is 2.16. The van der Waals surface area contributed by atoms with Crippen molar-refractivity contribution in [3.05, 3.63) is 29.8 Å². The maximum absolute atomic E-state index is 13.9. The first-order valence-corrected chi connectivity index (χ1v) is 7.87. The molecule has 3 nitrogen and oxygen atoms in total. The molecule has 2 aromatic rings. The van der Waals surface area contributed by atoms with Crippen LogP contribution in [0.5, 0.6) is 0 Å². The molecule has 1 aromatic heterocycles. The van der Waals surface area contributed by atoms with Gasteiger partial charge in [-0.25, -0.2) is 9.37 Å². The molecule has 5 heteroatoms. The summed E-state index contributed by atoms with van der Waals surface area (Å²) in [7, 11) is 0. The van der Waals surface area contributed by atoms with Crippen LogP contribution in [0.1, 0.15) is 39.1 Å². The van der Waals surface area contributed by atoms with Gasteiger partial charge in [0.2, 0.25) is 0 Å². The molecule has 2 unspecified atom stereocenters. The number of aromatic nitrogens is 2. The summed E-state index contributed by atoms with van der Waals surface area (Å²) in [5.74, 6) is 0.709. The Morgan fingerprint density at radius 3 is 2.86 bits per heavy atom. The fraction of sp³-hybridized carbons (Fsp3) is 0.562. The fourth-order valence-corrected chi connectivity index (χ4v) is 3.55. The number of ether oxygens (including phenoxy) is 1. The van der Waals surface area contributed by atoms with E-state index in [1.165, 1.54) is 6.07 Å². The first-order valence-electron chi connectivity index (χ1n) is 7.33. The number of imidazole rings is 1. The molecule has 114 valence electrons. The first-order chi connectivity index (χ1) is 10.0. The third-order valence-electron chi connectivity index (χ3n) is 4.67. The third-order valence-corrected chi connectivity index (χ3v) is 4.91. The molecular formula is C16H20ClFN2O. The van der Waals surface area contributed by atoms with Gasteiger partial charge in [-0.3, -0.25) is 0 Å². The van der Waals surface area contributed by atoms with Crippen molar-refractivity contribution in [2.24, 2.45) is 5.41 Å². The zero-order valence-corrected chi connectivity index (χ0v) is 13.3. The zero-order valence-electron chi connectivity index (χ0n) is 12.6. The number of benzene rings is 1. The van der Waals surface area contributed by atoms with Gasteiger partial charge in [-0.05, 0) is 25.5 Å². The molecule has 0 spiro atoms. The standard InChI is InChI=1S/C16H20ClFN2O/c1-4-21-13-8-12(16(13,2)3)20-11-7-5-6-10(18)15(11)19-14(20)9-17/h5-7,12-13H,4,8-9H2,1-3H3. The van der Waals surface area contributed by atoms with Crippen molar-refractivity contribution in [2.75, 3.05) is 6.61 Å². The van der Waals surface area contributed by atoms with E-state index in [0.717, 1.165) is 17.8 Å². The Morgan fingerprint density at radius 1 is 1.48 bits per heavy atom. The summed E-state index contributed by atoms with van der Waals surface area (Å²) in [6.45, 7) is 7.09. The molecule has 0 N–H and O–H groups in total.